The second-order valence-electron chi connectivity index (χ2n) is 8.03. The van der Waals surface area contributed by atoms with Gasteiger partial charge in [0.05, 0.1) is 18.8 Å². The number of rotatable bonds is 13. The van der Waals surface area contributed by atoms with E-state index in [1.54, 1.807) is 50.1 Å². The van der Waals surface area contributed by atoms with Crippen LogP contribution in [0.5, 0.6) is 5.75 Å². The van der Waals surface area contributed by atoms with Crippen molar-refractivity contribution in [3.05, 3.63) is 65.7 Å². The zero-order chi connectivity index (χ0) is 24.9. The number of benzene rings is 2. The molecule has 0 spiro atoms. The molecule has 0 heterocycles. The highest BCUT2D eigenvalue weighted by Crippen LogP contribution is 2.18. The van der Waals surface area contributed by atoms with Gasteiger partial charge >= 0.3 is 5.97 Å². The minimum absolute atomic E-state index is 0.250. The fraction of sp³-hybridized carbons (Fsp3) is 0.423. The van der Waals surface area contributed by atoms with Gasteiger partial charge in [-0.15, -0.1) is 0 Å². The Morgan fingerprint density at radius 3 is 2.32 bits per heavy atom. The third kappa shape index (κ3) is 8.19. The predicted molar refractivity (Wildman–Crippen MR) is 128 cm³/mol. The van der Waals surface area contributed by atoms with Crippen LogP contribution >= 0.6 is 0 Å². The normalized spacial score (nSPS) is 11.6. The lowest BCUT2D eigenvalue weighted by atomic mass is 10.0. The summed E-state index contributed by atoms with van der Waals surface area (Å²) < 4.78 is 15.9. The van der Waals surface area contributed by atoms with Crippen molar-refractivity contribution in [2.45, 2.75) is 33.4 Å². The topological polar surface area (TPSA) is 94.2 Å². The van der Waals surface area contributed by atoms with Crippen molar-refractivity contribution in [1.82, 2.24) is 10.2 Å². The van der Waals surface area contributed by atoms with Crippen LogP contribution in [0.3, 0.4) is 0 Å². The maximum absolute atomic E-state index is 12.8. The number of nitrogens with one attached hydrogen (secondary N) is 1. The molecule has 8 nitrogen and oxygen atoms in total. The molecule has 0 aliphatic rings. The van der Waals surface area contributed by atoms with Crippen LogP contribution in [-0.4, -0.2) is 62.2 Å². The molecule has 0 bridgehead atoms. The number of nitrogens with zero attached hydrogens (tertiary/aromatic N) is 1. The number of carbonyl (C=O) groups excluding carboxylic acids is 3. The smallest absolute Gasteiger partial charge is 0.329 e. The lowest BCUT2D eigenvalue weighted by molar-refractivity contribution is -0.154. The van der Waals surface area contributed by atoms with Gasteiger partial charge in [-0.3, -0.25) is 9.59 Å². The van der Waals surface area contributed by atoms with E-state index in [0.29, 0.717) is 37.6 Å². The summed E-state index contributed by atoms with van der Waals surface area (Å²) >= 11 is 0. The first-order valence-corrected chi connectivity index (χ1v) is 11.4. The van der Waals surface area contributed by atoms with Gasteiger partial charge in [0.1, 0.15) is 11.8 Å². The van der Waals surface area contributed by atoms with Crippen LogP contribution in [0.1, 0.15) is 36.7 Å². The van der Waals surface area contributed by atoms with Gasteiger partial charge in [0.15, 0.2) is 6.61 Å². The third-order valence-corrected chi connectivity index (χ3v) is 5.11. The average molecular weight is 471 g/mol. The van der Waals surface area contributed by atoms with Crippen molar-refractivity contribution < 1.29 is 28.6 Å². The molecule has 8 heteroatoms. The summed E-state index contributed by atoms with van der Waals surface area (Å²) in [6.07, 6.45) is 0. The highest BCUT2D eigenvalue weighted by Gasteiger charge is 2.28. The van der Waals surface area contributed by atoms with E-state index in [2.05, 4.69) is 5.32 Å². The van der Waals surface area contributed by atoms with E-state index in [9.17, 15) is 14.4 Å². The first-order valence-electron chi connectivity index (χ1n) is 11.4. The Balaban J connectivity index is 2.02. The molecule has 2 rings (SSSR count). The lowest BCUT2D eigenvalue weighted by Crippen LogP contribution is -2.46. The number of para-hydroxylation sites is 1. The molecule has 2 aromatic carbocycles. The molecule has 0 saturated carbocycles. The molecular formula is C26H34N2O6. The molecular weight excluding hydrogens is 436 g/mol. The summed E-state index contributed by atoms with van der Waals surface area (Å²) in [7, 11) is 1.56. The standard InChI is InChI=1S/C26H34N2O6/c1-5-33-22-14-10-9-13-21(22)25(30)27-24(19(2)3)26(31)34-18-23(29)28(15-16-32-4)17-20-11-7-6-8-12-20/h6-14,19,24H,5,15-18H2,1-4H3,(H,27,30). The van der Waals surface area contributed by atoms with Crippen LogP contribution in [0.15, 0.2) is 54.6 Å². The largest absolute Gasteiger partial charge is 0.493 e. The monoisotopic (exact) mass is 470 g/mol. The minimum Gasteiger partial charge on any atom is -0.493 e. The zero-order valence-electron chi connectivity index (χ0n) is 20.3. The molecule has 1 N–H and O–H groups in total. The van der Waals surface area contributed by atoms with Crippen LogP contribution < -0.4 is 10.1 Å². The summed E-state index contributed by atoms with van der Waals surface area (Å²) in [4.78, 5) is 40.0. The number of carbonyl (C=O) groups is 3. The maximum atomic E-state index is 12.8. The molecule has 1 unspecified atom stereocenters. The van der Waals surface area contributed by atoms with Crippen LogP contribution in [0.4, 0.5) is 0 Å². The second kappa shape index (κ2) is 14.0. The van der Waals surface area contributed by atoms with E-state index in [1.807, 2.05) is 37.3 Å². The number of hydrogen-bond donors (Lipinski definition) is 1. The lowest BCUT2D eigenvalue weighted by Gasteiger charge is -2.24. The first-order chi connectivity index (χ1) is 16.4. The molecule has 2 amide bonds. The van der Waals surface area contributed by atoms with Gasteiger partial charge in [0, 0.05) is 20.2 Å². The van der Waals surface area contributed by atoms with Crippen LogP contribution in [0, 0.1) is 5.92 Å². The Kier molecular flexibility index (Phi) is 11.1. The summed E-state index contributed by atoms with van der Waals surface area (Å²) in [6.45, 7) is 6.49. The third-order valence-electron chi connectivity index (χ3n) is 5.11. The second-order valence-corrected chi connectivity index (χ2v) is 8.03. The quantitative estimate of drug-likeness (QED) is 0.452. The Morgan fingerprint density at radius 2 is 1.68 bits per heavy atom. The fourth-order valence-corrected chi connectivity index (χ4v) is 3.26. The molecule has 184 valence electrons. The van der Waals surface area contributed by atoms with Gasteiger partial charge in [0.2, 0.25) is 0 Å². The van der Waals surface area contributed by atoms with Gasteiger partial charge in [0.25, 0.3) is 11.8 Å². The van der Waals surface area contributed by atoms with E-state index in [1.165, 1.54) is 0 Å². The molecule has 0 fully saturated rings. The van der Waals surface area contributed by atoms with Crippen LogP contribution in [0.25, 0.3) is 0 Å². The van der Waals surface area contributed by atoms with Gasteiger partial charge < -0.3 is 24.4 Å². The van der Waals surface area contributed by atoms with Crippen molar-refractivity contribution in [2.24, 2.45) is 5.92 Å². The van der Waals surface area contributed by atoms with E-state index >= 15 is 0 Å². The molecule has 0 saturated heterocycles. The summed E-state index contributed by atoms with van der Waals surface area (Å²) in [5.74, 6) is -1.28. The SMILES string of the molecule is CCOc1ccccc1C(=O)NC(C(=O)OCC(=O)N(CCOC)Cc1ccccc1)C(C)C. The molecule has 0 radical (unpaired) electrons. The van der Waals surface area contributed by atoms with Crippen LogP contribution in [-0.2, 0) is 25.6 Å². The first kappa shape index (κ1) is 26.9. The number of ether oxygens (including phenoxy) is 3. The van der Waals surface area contributed by atoms with Gasteiger partial charge in [-0.2, -0.15) is 0 Å². The van der Waals surface area contributed by atoms with Crippen molar-refractivity contribution in [3.63, 3.8) is 0 Å². The highest BCUT2D eigenvalue weighted by atomic mass is 16.5. The number of esters is 1. The minimum atomic E-state index is -0.920. The fourth-order valence-electron chi connectivity index (χ4n) is 3.26. The van der Waals surface area contributed by atoms with Crippen molar-refractivity contribution >= 4 is 17.8 Å². The number of hydrogen-bond acceptors (Lipinski definition) is 6. The summed E-state index contributed by atoms with van der Waals surface area (Å²) in [6, 6.07) is 15.4. The zero-order valence-corrected chi connectivity index (χ0v) is 20.3. The number of amides is 2. The molecule has 0 aliphatic heterocycles. The molecule has 1 atom stereocenters. The average Bonchev–Trinajstić information content (AvgIpc) is 2.84. The van der Waals surface area contributed by atoms with Crippen molar-refractivity contribution in [1.29, 1.82) is 0 Å². The molecule has 2 aromatic rings. The Hall–Kier alpha value is -3.39. The van der Waals surface area contributed by atoms with Gasteiger partial charge in [-0.1, -0.05) is 56.3 Å². The number of methoxy groups -OCH3 is 1. The van der Waals surface area contributed by atoms with E-state index in [-0.39, 0.29) is 11.8 Å². The Morgan fingerprint density at radius 1 is 1.00 bits per heavy atom. The summed E-state index contributed by atoms with van der Waals surface area (Å²) in [5.41, 5.74) is 1.28. The molecule has 0 aromatic heterocycles. The molecule has 0 aliphatic carbocycles. The highest BCUT2D eigenvalue weighted by molar-refractivity contribution is 5.99. The van der Waals surface area contributed by atoms with Gasteiger partial charge in [-0.25, -0.2) is 4.79 Å². The van der Waals surface area contributed by atoms with E-state index in [4.69, 9.17) is 14.2 Å². The maximum Gasteiger partial charge on any atom is 0.329 e. The van der Waals surface area contributed by atoms with E-state index < -0.39 is 24.5 Å². The van der Waals surface area contributed by atoms with Crippen molar-refractivity contribution in [3.8, 4) is 5.75 Å². The van der Waals surface area contributed by atoms with Crippen molar-refractivity contribution in [2.75, 3.05) is 33.5 Å². The Labute approximate surface area is 201 Å². The predicted octanol–water partition coefficient (Wildman–Crippen LogP) is 3.06. The van der Waals surface area contributed by atoms with Crippen LogP contribution in [0.2, 0.25) is 0 Å². The summed E-state index contributed by atoms with van der Waals surface area (Å²) in [5, 5.41) is 2.72. The molecule has 34 heavy (non-hydrogen) atoms. The van der Waals surface area contributed by atoms with Gasteiger partial charge in [-0.05, 0) is 30.5 Å². The van der Waals surface area contributed by atoms with E-state index in [0.717, 1.165) is 5.56 Å². The Bertz CT molecular complexity index is 932.